The zero-order valence-electron chi connectivity index (χ0n) is 13.9. The van der Waals surface area contributed by atoms with Gasteiger partial charge in [-0.05, 0) is 23.8 Å². The van der Waals surface area contributed by atoms with Gasteiger partial charge in [-0.25, -0.2) is 0 Å². The molecular weight excluding hydrogens is 308 g/mol. The molecule has 0 unspecified atom stereocenters. The second-order valence-corrected chi connectivity index (χ2v) is 6.14. The number of hydrogen-bond donors (Lipinski definition) is 0. The zero-order chi connectivity index (χ0) is 17.1. The van der Waals surface area contributed by atoms with E-state index in [0.717, 1.165) is 35.5 Å². The molecule has 0 aliphatic carbocycles. The molecule has 3 heteroatoms. The minimum atomic E-state index is 0.0721. The van der Waals surface area contributed by atoms with E-state index in [0.29, 0.717) is 6.54 Å². The monoisotopic (exact) mass is 326 g/mol. The summed E-state index contributed by atoms with van der Waals surface area (Å²) < 4.78 is 2.01. The Kier molecular flexibility index (Phi) is 4.10. The lowest BCUT2D eigenvalue weighted by Crippen LogP contribution is -2.39. The van der Waals surface area contributed by atoms with Gasteiger partial charge in [-0.3, -0.25) is 4.79 Å². The van der Waals surface area contributed by atoms with E-state index in [2.05, 4.69) is 24.0 Å². The molecule has 2 heterocycles. The van der Waals surface area contributed by atoms with Gasteiger partial charge in [0.15, 0.2) is 0 Å². The number of aromatic nitrogens is 1. The van der Waals surface area contributed by atoms with Crippen LogP contribution in [0.3, 0.4) is 0 Å². The van der Waals surface area contributed by atoms with Crippen molar-refractivity contribution in [1.82, 2.24) is 9.47 Å². The van der Waals surface area contributed by atoms with E-state index in [1.807, 2.05) is 70.3 Å². The lowest BCUT2D eigenvalue weighted by atomic mass is 10.2. The van der Waals surface area contributed by atoms with Crippen molar-refractivity contribution in [3.8, 4) is 11.8 Å². The number of carbonyl (C=O) groups is 1. The first-order chi connectivity index (χ1) is 12.3. The molecule has 3 aromatic rings. The average molecular weight is 326 g/mol. The molecule has 3 nitrogen and oxygen atoms in total. The number of hydrogen-bond acceptors (Lipinski definition) is 1. The SMILES string of the molecule is O=C1c2cc(C#Cc3ccccc3)cn2CCN1Cc1ccccc1. The van der Waals surface area contributed by atoms with Crippen LogP contribution < -0.4 is 0 Å². The zero-order valence-corrected chi connectivity index (χ0v) is 13.9. The summed E-state index contributed by atoms with van der Waals surface area (Å²) in [4.78, 5) is 14.7. The molecule has 2 aromatic carbocycles. The van der Waals surface area contributed by atoms with Gasteiger partial charge < -0.3 is 9.47 Å². The lowest BCUT2D eigenvalue weighted by Gasteiger charge is -2.28. The third kappa shape index (κ3) is 3.34. The van der Waals surface area contributed by atoms with Crippen LogP contribution in [0.25, 0.3) is 0 Å². The van der Waals surface area contributed by atoms with Crippen molar-refractivity contribution in [2.24, 2.45) is 0 Å². The molecule has 0 saturated carbocycles. The van der Waals surface area contributed by atoms with E-state index in [-0.39, 0.29) is 5.91 Å². The van der Waals surface area contributed by atoms with Crippen molar-refractivity contribution in [2.45, 2.75) is 13.1 Å². The average Bonchev–Trinajstić information content (AvgIpc) is 3.08. The summed E-state index contributed by atoms with van der Waals surface area (Å²) >= 11 is 0. The number of amides is 1. The molecule has 25 heavy (non-hydrogen) atoms. The molecule has 4 rings (SSSR count). The standard InChI is InChI=1S/C22H18N2O/c25-22-21-15-20(12-11-18-7-3-1-4-8-18)17-23(21)13-14-24(22)16-19-9-5-2-6-10-19/h1-10,15,17H,13-14,16H2. The molecule has 0 spiro atoms. The first-order valence-electron chi connectivity index (χ1n) is 8.40. The lowest BCUT2D eigenvalue weighted by molar-refractivity contribution is 0.0691. The van der Waals surface area contributed by atoms with Gasteiger partial charge in [0.25, 0.3) is 5.91 Å². The fourth-order valence-electron chi connectivity index (χ4n) is 3.06. The van der Waals surface area contributed by atoms with Crippen molar-refractivity contribution >= 4 is 5.91 Å². The van der Waals surface area contributed by atoms with Gasteiger partial charge in [0.2, 0.25) is 0 Å². The Morgan fingerprint density at radius 3 is 2.28 bits per heavy atom. The van der Waals surface area contributed by atoms with Gasteiger partial charge in [0.1, 0.15) is 5.69 Å². The van der Waals surface area contributed by atoms with Gasteiger partial charge in [0, 0.05) is 37.0 Å². The maximum Gasteiger partial charge on any atom is 0.270 e. The topological polar surface area (TPSA) is 25.2 Å². The fraction of sp³-hybridized carbons (Fsp3) is 0.136. The van der Waals surface area contributed by atoms with E-state index < -0.39 is 0 Å². The van der Waals surface area contributed by atoms with Crippen molar-refractivity contribution < 1.29 is 4.79 Å². The normalized spacial score (nSPS) is 13.1. The molecule has 1 aliphatic rings. The molecule has 122 valence electrons. The van der Waals surface area contributed by atoms with E-state index in [9.17, 15) is 4.79 Å². The molecule has 0 bridgehead atoms. The predicted octanol–water partition coefficient (Wildman–Crippen LogP) is 3.54. The van der Waals surface area contributed by atoms with Crippen LogP contribution in [-0.4, -0.2) is 21.9 Å². The Morgan fingerprint density at radius 2 is 1.52 bits per heavy atom. The molecule has 1 aliphatic heterocycles. The number of fused-ring (bicyclic) bond motifs is 1. The van der Waals surface area contributed by atoms with Crippen molar-refractivity contribution in [1.29, 1.82) is 0 Å². The third-order valence-corrected chi connectivity index (χ3v) is 4.35. The van der Waals surface area contributed by atoms with Crippen LogP contribution in [0, 0.1) is 11.8 Å². The molecule has 0 saturated heterocycles. The highest BCUT2D eigenvalue weighted by Gasteiger charge is 2.24. The summed E-state index contributed by atoms with van der Waals surface area (Å²) in [6.45, 7) is 2.18. The minimum absolute atomic E-state index is 0.0721. The van der Waals surface area contributed by atoms with E-state index in [4.69, 9.17) is 0 Å². The van der Waals surface area contributed by atoms with Crippen LogP contribution in [0.15, 0.2) is 72.9 Å². The summed E-state index contributed by atoms with van der Waals surface area (Å²) in [7, 11) is 0. The minimum Gasteiger partial charge on any atom is -0.340 e. The van der Waals surface area contributed by atoms with Gasteiger partial charge in [-0.1, -0.05) is 60.4 Å². The number of benzene rings is 2. The van der Waals surface area contributed by atoms with Crippen LogP contribution in [0.1, 0.15) is 27.2 Å². The Labute approximate surface area is 147 Å². The highest BCUT2D eigenvalue weighted by atomic mass is 16.2. The van der Waals surface area contributed by atoms with Crippen LogP contribution in [-0.2, 0) is 13.1 Å². The van der Waals surface area contributed by atoms with Gasteiger partial charge in [0.05, 0.1) is 0 Å². The second-order valence-electron chi connectivity index (χ2n) is 6.14. The van der Waals surface area contributed by atoms with Gasteiger partial charge in [-0.2, -0.15) is 0 Å². The van der Waals surface area contributed by atoms with Gasteiger partial charge in [-0.15, -0.1) is 0 Å². The number of nitrogens with zero attached hydrogens (tertiary/aromatic N) is 2. The quantitative estimate of drug-likeness (QED) is 0.661. The first kappa shape index (κ1) is 15.3. The maximum absolute atomic E-state index is 12.8. The van der Waals surface area contributed by atoms with Crippen LogP contribution >= 0.6 is 0 Å². The third-order valence-electron chi connectivity index (χ3n) is 4.35. The van der Waals surface area contributed by atoms with E-state index >= 15 is 0 Å². The Morgan fingerprint density at radius 1 is 0.840 bits per heavy atom. The summed E-state index contributed by atoms with van der Waals surface area (Å²) in [5, 5.41) is 0. The molecule has 0 atom stereocenters. The smallest absolute Gasteiger partial charge is 0.270 e. The van der Waals surface area contributed by atoms with Crippen LogP contribution in [0.5, 0.6) is 0 Å². The van der Waals surface area contributed by atoms with Crippen molar-refractivity contribution in [3.63, 3.8) is 0 Å². The summed E-state index contributed by atoms with van der Waals surface area (Å²) in [5.74, 6) is 6.38. The largest absolute Gasteiger partial charge is 0.340 e. The second kappa shape index (κ2) is 6.70. The first-order valence-corrected chi connectivity index (χ1v) is 8.40. The molecule has 0 radical (unpaired) electrons. The fourth-order valence-corrected chi connectivity index (χ4v) is 3.06. The molecule has 1 amide bonds. The summed E-state index contributed by atoms with van der Waals surface area (Å²) in [6, 6.07) is 21.9. The van der Waals surface area contributed by atoms with Gasteiger partial charge >= 0.3 is 0 Å². The highest BCUT2D eigenvalue weighted by molar-refractivity contribution is 5.94. The number of rotatable bonds is 2. The summed E-state index contributed by atoms with van der Waals surface area (Å²) in [5.41, 5.74) is 3.73. The summed E-state index contributed by atoms with van der Waals surface area (Å²) in [6.07, 6.45) is 1.98. The van der Waals surface area contributed by atoms with Crippen LogP contribution in [0.2, 0.25) is 0 Å². The molecule has 0 fully saturated rings. The highest BCUT2D eigenvalue weighted by Crippen LogP contribution is 2.18. The predicted molar refractivity (Wildman–Crippen MR) is 98.0 cm³/mol. The van der Waals surface area contributed by atoms with Crippen molar-refractivity contribution in [3.05, 3.63) is 95.3 Å². The Hall–Kier alpha value is -3.25. The Balaban J connectivity index is 1.54. The van der Waals surface area contributed by atoms with E-state index in [1.165, 1.54) is 0 Å². The van der Waals surface area contributed by atoms with Crippen molar-refractivity contribution in [2.75, 3.05) is 6.54 Å². The maximum atomic E-state index is 12.8. The molecule has 1 aromatic heterocycles. The molecule has 0 N–H and O–H groups in total. The Bertz CT molecular complexity index is 946. The van der Waals surface area contributed by atoms with E-state index in [1.54, 1.807) is 0 Å². The number of carbonyl (C=O) groups excluding carboxylic acids is 1. The van der Waals surface area contributed by atoms with Crippen LogP contribution in [0.4, 0.5) is 0 Å². The molecular formula is C22H18N2O.